The van der Waals surface area contributed by atoms with Crippen molar-refractivity contribution < 1.29 is 14.3 Å². The molecule has 0 N–H and O–H groups in total. The van der Waals surface area contributed by atoms with Crippen LogP contribution in [0.2, 0.25) is 5.02 Å². The van der Waals surface area contributed by atoms with Gasteiger partial charge in [-0.15, -0.1) is 11.3 Å². The van der Waals surface area contributed by atoms with Gasteiger partial charge in [0.15, 0.2) is 12.3 Å². The van der Waals surface area contributed by atoms with E-state index in [9.17, 15) is 9.59 Å². The van der Waals surface area contributed by atoms with E-state index in [-0.39, 0.29) is 18.2 Å². The number of hydrogen-bond donors (Lipinski definition) is 0. The fourth-order valence-corrected chi connectivity index (χ4v) is 3.72. The summed E-state index contributed by atoms with van der Waals surface area (Å²) in [5.74, 6) is -0.225. The number of rotatable bonds is 4. The lowest BCUT2D eigenvalue weighted by atomic mass is 10.0. The minimum atomic E-state index is -0.574. The second kappa shape index (κ2) is 7.97. The molecule has 1 saturated heterocycles. The molecule has 7 heteroatoms. The summed E-state index contributed by atoms with van der Waals surface area (Å²) in [6, 6.07) is 7.23. The Morgan fingerprint density at radius 3 is 2.84 bits per heavy atom. The van der Waals surface area contributed by atoms with Crippen LogP contribution in [-0.2, 0) is 9.53 Å². The standard InChI is InChI=1S/C18H19ClN2O3S/c1-12-3-2-8-21(9-12)16(22)10-24-18(23)15-11-25-17(20-15)13-4-6-14(19)7-5-13/h4-7,11-12H,2-3,8-10H2,1H3. The number of thiazole rings is 1. The van der Waals surface area contributed by atoms with Crippen LogP contribution in [0.1, 0.15) is 30.3 Å². The first-order chi connectivity index (χ1) is 12.0. The molecule has 0 spiro atoms. The second-order valence-electron chi connectivity index (χ2n) is 6.21. The number of ether oxygens (including phenoxy) is 1. The van der Waals surface area contributed by atoms with Crippen LogP contribution in [-0.4, -0.2) is 41.5 Å². The van der Waals surface area contributed by atoms with E-state index in [1.54, 1.807) is 22.4 Å². The van der Waals surface area contributed by atoms with Gasteiger partial charge in [-0.25, -0.2) is 9.78 Å². The third-order valence-corrected chi connectivity index (χ3v) is 5.28. The van der Waals surface area contributed by atoms with Crippen molar-refractivity contribution in [2.75, 3.05) is 19.7 Å². The van der Waals surface area contributed by atoms with Gasteiger partial charge in [0.1, 0.15) is 5.01 Å². The number of aromatic nitrogens is 1. The minimum Gasteiger partial charge on any atom is -0.451 e. The Hall–Kier alpha value is -1.92. The molecule has 3 rings (SSSR count). The number of amides is 1. The topological polar surface area (TPSA) is 59.5 Å². The Bertz CT molecular complexity index is 760. The Kier molecular flexibility index (Phi) is 5.71. The summed E-state index contributed by atoms with van der Waals surface area (Å²) in [5.41, 5.74) is 1.10. The van der Waals surface area contributed by atoms with Gasteiger partial charge in [0.2, 0.25) is 0 Å². The maximum absolute atomic E-state index is 12.2. The highest BCUT2D eigenvalue weighted by atomic mass is 35.5. The molecule has 25 heavy (non-hydrogen) atoms. The van der Waals surface area contributed by atoms with Crippen LogP contribution in [0.4, 0.5) is 0 Å². The van der Waals surface area contributed by atoms with Gasteiger partial charge in [0.05, 0.1) is 0 Å². The number of benzene rings is 1. The molecule has 1 aliphatic rings. The summed E-state index contributed by atoms with van der Waals surface area (Å²) in [6.07, 6.45) is 2.13. The molecule has 0 saturated carbocycles. The van der Waals surface area contributed by atoms with E-state index in [2.05, 4.69) is 11.9 Å². The van der Waals surface area contributed by atoms with E-state index >= 15 is 0 Å². The van der Waals surface area contributed by atoms with Gasteiger partial charge in [0, 0.05) is 29.1 Å². The van der Waals surface area contributed by atoms with E-state index in [0.717, 1.165) is 31.5 Å². The predicted molar refractivity (Wildman–Crippen MR) is 97.8 cm³/mol. The summed E-state index contributed by atoms with van der Waals surface area (Å²) in [6.45, 7) is 3.35. The summed E-state index contributed by atoms with van der Waals surface area (Å²) in [7, 11) is 0. The van der Waals surface area contributed by atoms with Gasteiger partial charge in [-0.1, -0.05) is 30.7 Å². The highest BCUT2D eigenvalue weighted by Gasteiger charge is 2.22. The molecule has 0 radical (unpaired) electrons. The van der Waals surface area contributed by atoms with Gasteiger partial charge in [-0.05, 0) is 30.9 Å². The first kappa shape index (κ1) is 17.9. The van der Waals surface area contributed by atoms with Gasteiger partial charge in [0.25, 0.3) is 5.91 Å². The van der Waals surface area contributed by atoms with Crippen molar-refractivity contribution in [1.29, 1.82) is 0 Å². The van der Waals surface area contributed by atoms with Crippen LogP contribution >= 0.6 is 22.9 Å². The Labute approximate surface area is 155 Å². The van der Waals surface area contributed by atoms with Crippen molar-refractivity contribution in [2.45, 2.75) is 19.8 Å². The molecule has 5 nitrogen and oxygen atoms in total. The highest BCUT2D eigenvalue weighted by Crippen LogP contribution is 2.25. The molecular weight excluding hydrogens is 360 g/mol. The summed E-state index contributed by atoms with van der Waals surface area (Å²) < 4.78 is 5.14. The third-order valence-electron chi connectivity index (χ3n) is 4.14. The molecule has 1 fully saturated rings. The molecule has 1 amide bonds. The second-order valence-corrected chi connectivity index (χ2v) is 7.50. The fraction of sp³-hybridized carbons (Fsp3) is 0.389. The Balaban J connectivity index is 1.56. The first-order valence-corrected chi connectivity index (χ1v) is 9.45. The number of carbonyl (C=O) groups excluding carboxylic acids is 2. The molecule has 2 aromatic rings. The lowest BCUT2D eigenvalue weighted by Crippen LogP contribution is -2.41. The molecule has 1 aliphatic heterocycles. The number of esters is 1. The molecular formula is C18H19ClN2O3S. The molecule has 1 unspecified atom stereocenters. The quantitative estimate of drug-likeness (QED) is 0.757. The molecule has 1 atom stereocenters. The van der Waals surface area contributed by atoms with Crippen molar-refractivity contribution >= 4 is 34.8 Å². The van der Waals surface area contributed by atoms with Crippen LogP contribution in [0, 0.1) is 5.92 Å². The molecule has 132 valence electrons. The minimum absolute atomic E-state index is 0.145. The van der Waals surface area contributed by atoms with Gasteiger partial charge < -0.3 is 9.64 Å². The van der Waals surface area contributed by atoms with Crippen LogP contribution in [0.5, 0.6) is 0 Å². The van der Waals surface area contributed by atoms with E-state index in [1.807, 2.05) is 12.1 Å². The zero-order valence-electron chi connectivity index (χ0n) is 13.9. The lowest BCUT2D eigenvalue weighted by molar-refractivity contribution is -0.136. The monoisotopic (exact) mass is 378 g/mol. The Morgan fingerprint density at radius 1 is 1.36 bits per heavy atom. The van der Waals surface area contributed by atoms with Crippen LogP contribution in [0.25, 0.3) is 10.6 Å². The normalized spacial score (nSPS) is 17.4. The van der Waals surface area contributed by atoms with Crippen molar-refractivity contribution in [3.05, 3.63) is 40.4 Å². The molecule has 2 heterocycles. The maximum atomic E-state index is 12.2. The van der Waals surface area contributed by atoms with Crippen molar-refractivity contribution in [3.8, 4) is 10.6 Å². The fourth-order valence-electron chi connectivity index (χ4n) is 2.80. The van der Waals surface area contributed by atoms with E-state index in [0.29, 0.717) is 15.9 Å². The average Bonchev–Trinajstić information content (AvgIpc) is 3.10. The van der Waals surface area contributed by atoms with Gasteiger partial charge in [-0.2, -0.15) is 0 Å². The summed E-state index contributed by atoms with van der Waals surface area (Å²) >= 11 is 7.22. The van der Waals surface area contributed by atoms with E-state index in [4.69, 9.17) is 16.3 Å². The smallest absolute Gasteiger partial charge is 0.358 e. The summed E-state index contributed by atoms with van der Waals surface area (Å²) in [5, 5.41) is 2.99. The number of halogens is 1. The highest BCUT2D eigenvalue weighted by molar-refractivity contribution is 7.13. The van der Waals surface area contributed by atoms with Crippen molar-refractivity contribution in [2.24, 2.45) is 5.92 Å². The maximum Gasteiger partial charge on any atom is 0.358 e. The number of carbonyl (C=O) groups is 2. The summed E-state index contributed by atoms with van der Waals surface area (Å²) in [4.78, 5) is 30.3. The molecule has 0 aliphatic carbocycles. The van der Waals surface area contributed by atoms with Crippen molar-refractivity contribution in [3.63, 3.8) is 0 Å². The van der Waals surface area contributed by atoms with Crippen LogP contribution in [0.3, 0.4) is 0 Å². The van der Waals surface area contributed by atoms with Crippen molar-refractivity contribution in [1.82, 2.24) is 9.88 Å². The number of piperidine rings is 1. The van der Waals surface area contributed by atoms with Crippen LogP contribution < -0.4 is 0 Å². The predicted octanol–water partition coefficient (Wildman–Crippen LogP) is 3.88. The van der Waals surface area contributed by atoms with E-state index < -0.39 is 5.97 Å². The number of likely N-dealkylation sites (tertiary alicyclic amines) is 1. The van der Waals surface area contributed by atoms with Crippen LogP contribution in [0.15, 0.2) is 29.6 Å². The third kappa shape index (κ3) is 4.58. The average molecular weight is 379 g/mol. The number of hydrogen-bond acceptors (Lipinski definition) is 5. The Morgan fingerprint density at radius 2 is 2.12 bits per heavy atom. The first-order valence-electron chi connectivity index (χ1n) is 8.19. The molecule has 1 aromatic heterocycles. The number of nitrogens with zero attached hydrogens (tertiary/aromatic N) is 2. The van der Waals surface area contributed by atoms with Gasteiger partial charge in [-0.3, -0.25) is 4.79 Å². The SMILES string of the molecule is CC1CCCN(C(=O)COC(=O)c2csc(-c3ccc(Cl)cc3)n2)C1. The van der Waals surface area contributed by atoms with Gasteiger partial charge >= 0.3 is 5.97 Å². The van der Waals surface area contributed by atoms with E-state index in [1.165, 1.54) is 11.3 Å². The molecule has 1 aromatic carbocycles. The lowest BCUT2D eigenvalue weighted by Gasteiger charge is -2.30. The molecule has 0 bridgehead atoms. The zero-order chi connectivity index (χ0) is 17.8. The zero-order valence-corrected chi connectivity index (χ0v) is 15.5. The largest absolute Gasteiger partial charge is 0.451 e.